The third kappa shape index (κ3) is 2.43. The van der Waals surface area contributed by atoms with Crippen molar-refractivity contribution < 1.29 is 9.53 Å². The van der Waals surface area contributed by atoms with E-state index in [4.69, 9.17) is 4.74 Å². The number of aromatic amines is 1. The smallest absolute Gasteiger partial charge is 0.256 e. The minimum Gasteiger partial charge on any atom is -0.384 e. The Bertz CT molecular complexity index is 701. The minimum absolute atomic E-state index is 0.0646. The molecule has 3 rings (SSSR count). The highest BCUT2D eigenvalue weighted by atomic mass is 16.5. The number of carbonyl (C=O) groups excluding carboxylic acids is 1. The zero-order chi connectivity index (χ0) is 15.9. The number of rotatable bonds is 3. The van der Waals surface area contributed by atoms with E-state index in [0.29, 0.717) is 19.7 Å². The van der Waals surface area contributed by atoms with Crippen LogP contribution in [0, 0.1) is 13.8 Å². The fourth-order valence-electron chi connectivity index (χ4n) is 3.24. The largest absolute Gasteiger partial charge is 0.384 e. The first-order chi connectivity index (χ1) is 10.5. The molecule has 1 aliphatic rings. The van der Waals surface area contributed by atoms with Gasteiger partial charge in [0.25, 0.3) is 5.91 Å². The number of methoxy groups -OCH3 is 1. The van der Waals surface area contributed by atoms with Crippen LogP contribution in [0.2, 0.25) is 0 Å². The van der Waals surface area contributed by atoms with Gasteiger partial charge in [-0.2, -0.15) is 5.10 Å². The van der Waals surface area contributed by atoms with Crippen LogP contribution in [0.25, 0.3) is 0 Å². The Morgan fingerprint density at radius 2 is 2.27 bits per heavy atom. The van der Waals surface area contributed by atoms with E-state index in [0.717, 1.165) is 22.6 Å². The number of amides is 1. The molecule has 3 heterocycles. The number of nitrogens with zero attached hydrogens (tertiary/aromatic N) is 3. The van der Waals surface area contributed by atoms with Crippen molar-refractivity contribution >= 4 is 5.91 Å². The zero-order valence-corrected chi connectivity index (χ0v) is 13.5. The Kier molecular flexibility index (Phi) is 3.78. The van der Waals surface area contributed by atoms with Crippen LogP contribution in [0.5, 0.6) is 0 Å². The van der Waals surface area contributed by atoms with Gasteiger partial charge >= 0.3 is 0 Å². The molecule has 2 aromatic heterocycles. The number of ether oxygens (including phenoxy) is 1. The van der Waals surface area contributed by atoms with Crippen molar-refractivity contribution in [1.29, 1.82) is 0 Å². The summed E-state index contributed by atoms with van der Waals surface area (Å²) in [4.78, 5) is 18.0. The van der Waals surface area contributed by atoms with Crippen LogP contribution in [0.15, 0.2) is 12.3 Å². The second-order valence-corrected chi connectivity index (χ2v) is 6.00. The molecule has 0 radical (unpaired) electrons. The van der Waals surface area contributed by atoms with Crippen LogP contribution in [-0.4, -0.2) is 45.8 Å². The lowest BCUT2D eigenvalue weighted by Gasteiger charge is -2.32. The van der Waals surface area contributed by atoms with Crippen LogP contribution in [0.3, 0.4) is 0 Å². The van der Waals surface area contributed by atoms with Gasteiger partial charge in [-0.15, -0.1) is 0 Å². The maximum atomic E-state index is 12.9. The van der Waals surface area contributed by atoms with Crippen LogP contribution in [0.4, 0.5) is 0 Å². The lowest BCUT2D eigenvalue weighted by Crippen LogP contribution is -2.40. The van der Waals surface area contributed by atoms with Gasteiger partial charge in [-0.3, -0.25) is 9.48 Å². The molecule has 0 aromatic carbocycles. The minimum atomic E-state index is 0.0646. The summed E-state index contributed by atoms with van der Waals surface area (Å²) in [5.41, 5.74) is 4.95. The van der Waals surface area contributed by atoms with Crippen LogP contribution >= 0.6 is 0 Å². The number of aromatic nitrogens is 3. The highest BCUT2D eigenvalue weighted by molar-refractivity contribution is 5.95. The molecule has 1 atom stereocenters. The molecule has 0 fully saturated rings. The lowest BCUT2D eigenvalue weighted by atomic mass is 9.95. The summed E-state index contributed by atoms with van der Waals surface area (Å²) in [6.45, 7) is 5.75. The van der Waals surface area contributed by atoms with Gasteiger partial charge < -0.3 is 14.6 Å². The molecule has 0 saturated heterocycles. The maximum absolute atomic E-state index is 12.9. The Hall–Kier alpha value is -2.08. The Morgan fingerprint density at radius 3 is 2.91 bits per heavy atom. The first-order valence-electron chi connectivity index (χ1n) is 7.46. The first-order valence-corrected chi connectivity index (χ1v) is 7.46. The Labute approximate surface area is 130 Å². The number of H-pyrrole nitrogens is 1. The van der Waals surface area contributed by atoms with Crippen molar-refractivity contribution in [2.24, 2.45) is 7.05 Å². The van der Waals surface area contributed by atoms with Crippen LogP contribution in [-0.2, 0) is 18.3 Å². The average Bonchev–Trinajstić information content (AvgIpc) is 3.01. The molecule has 6 nitrogen and oxygen atoms in total. The van der Waals surface area contributed by atoms with Gasteiger partial charge in [-0.25, -0.2) is 0 Å². The third-order valence-corrected chi connectivity index (χ3v) is 4.35. The Morgan fingerprint density at radius 1 is 1.50 bits per heavy atom. The standard InChI is InChI=1S/C16H22N4O2/c1-10-5-13(11(2)18-10)16(21)20-7-12(9-22-4)14-6-17-19(3)15(14)8-20/h5-6,12,18H,7-9H2,1-4H3. The molecule has 6 heteroatoms. The van der Waals surface area contributed by atoms with Crippen molar-refractivity contribution in [1.82, 2.24) is 19.7 Å². The van der Waals surface area contributed by atoms with Crippen molar-refractivity contribution in [2.75, 3.05) is 20.3 Å². The molecule has 0 bridgehead atoms. The predicted octanol–water partition coefficient (Wildman–Crippen LogP) is 1.75. The fourth-order valence-corrected chi connectivity index (χ4v) is 3.24. The summed E-state index contributed by atoms with van der Waals surface area (Å²) in [5, 5.41) is 4.34. The number of aryl methyl sites for hydroxylation is 3. The third-order valence-electron chi connectivity index (χ3n) is 4.35. The maximum Gasteiger partial charge on any atom is 0.256 e. The normalized spacial score (nSPS) is 17.6. The van der Waals surface area contributed by atoms with Gasteiger partial charge in [0.15, 0.2) is 0 Å². The van der Waals surface area contributed by atoms with Gasteiger partial charge in [0.1, 0.15) is 0 Å². The van der Waals surface area contributed by atoms with E-state index in [1.54, 1.807) is 7.11 Å². The van der Waals surface area contributed by atoms with Crippen LogP contribution in [0.1, 0.15) is 38.9 Å². The van der Waals surface area contributed by atoms with E-state index in [2.05, 4.69) is 10.1 Å². The van der Waals surface area contributed by atoms with Gasteiger partial charge in [-0.1, -0.05) is 0 Å². The topological polar surface area (TPSA) is 63.1 Å². The molecule has 1 N–H and O–H groups in total. The molecule has 0 aliphatic carbocycles. The lowest BCUT2D eigenvalue weighted by molar-refractivity contribution is 0.0674. The second kappa shape index (κ2) is 5.61. The summed E-state index contributed by atoms with van der Waals surface area (Å²) in [6.07, 6.45) is 1.90. The van der Waals surface area contributed by atoms with Gasteiger partial charge in [0, 0.05) is 43.6 Å². The number of hydrogen-bond donors (Lipinski definition) is 1. The molecule has 1 unspecified atom stereocenters. The van der Waals surface area contributed by atoms with Crippen molar-refractivity contribution in [3.63, 3.8) is 0 Å². The monoisotopic (exact) mass is 302 g/mol. The molecule has 22 heavy (non-hydrogen) atoms. The number of fused-ring (bicyclic) bond motifs is 1. The van der Waals surface area contributed by atoms with E-state index in [9.17, 15) is 4.79 Å². The zero-order valence-electron chi connectivity index (χ0n) is 13.5. The van der Waals surface area contributed by atoms with Crippen molar-refractivity contribution in [3.8, 4) is 0 Å². The average molecular weight is 302 g/mol. The quantitative estimate of drug-likeness (QED) is 0.939. The van der Waals surface area contributed by atoms with E-state index < -0.39 is 0 Å². The summed E-state index contributed by atoms with van der Waals surface area (Å²) in [6, 6.07) is 1.92. The first kappa shape index (κ1) is 14.8. The van der Waals surface area contributed by atoms with Gasteiger partial charge in [-0.05, 0) is 19.9 Å². The molecule has 0 spiro atoms. The number of nitrogens with one attached hydrogen (secondary N) is 1. The molecule has 1 amide bonds. The number of hydrogen-bond acceptors (Lipinski definition) is 3. The molecule has 2 aromatic rings. The van der Waals surface area contributed by atoms with Crippen LogP contribution < -0.4 is 0 Å². The Balaban J connectivity index is 1.91. The molecular weight excluding hydrogens is 280 g/mol. The predicted molar refractivity (Wildman–Crippen MR) is 82.8 cm³/mol. The summed E-state index contributed by atoms with van der Waals surface area (Å²) in [7, 11) is 3.61. The number of carbonyl (C=O) groups is 1. The van der Waals surface area contributed by atoms with Gasteiger partial charge in [0.2, 0.25) is 0 Å². The summed E-state index contributed by atoms with van der Waals surface area (Å²) < 4.78 is 7.18. The fraction of sp³-hybridized carbons (Fsp3) is 0.500. The SMILES string of the molecule is COCC1CN(C(=O)c2cc(C)[nH]c2C)Cc2c1cnn2C. The molecule has 0 saturated carbocycles. The molecular formula is C16H22N4O2. The summed E-state index contributed by atoms with van der Waals surface area (Å²) >= 11 is 0. The van der Waals surface area contributed by atoms with E-state index in [-0.39, 0.29) is 11.8 Å². The van der Waals surface area contributed by atoms with Crippen molar-refractivity contribution in [3.05, 3.63) is 40.5 Å². The second-order valence-electron chi connectivity index (χ2n) is 6.00. The van der Waals surface area contributed by atoms with Gasteiger partial charge in [0.05, 0.1) is 30.6 Å². The van der Waals surface area contributed by atoms with E-state index in [1.165, 1.54) is 5.56 Å². The highest BCUT2D eigenvalue weighted by Gasteiger charge is 2.31. The van der Waals surface area contributed by atoms with E-state index >= 15 is 0 Å². The van der Waals surface area contributed by atoms with E-state index in [1.807, 2.05) is 42.7 Å². The molecule has 118 valence electrons. The molecule has 1 aliphatic heterocycles. The highest BCUT2D eigenvalue weighted by Crippen LogP contribution is 2.29. The summed E-state index contributed by atoms with van der Waals surface area (Å²) in [5.74, 6) is 0.238. The van der Waals surface area contributed by atoms with Crippen molar-refractivity contribution in [2.45, 2.75) is 26.3 Å².